The summed E-state index contributed by atoms with van der Waals surface area (Å²) in [4.78, 5) is 29.7. The van der Waals surface area contributed by atoms with Gasteiger partial charge in [-0.3, -0.25) is 9.69 Å². The van der Waals surface area contributed by atoms with Crippen molar-refractivity contribution in [1.82, 2.24) is 4.90 Å². The third-order valence-corrected chi connectivity index (χ3v) is 6.35. The van der Waals surface area contributed by atoms with Crippen LogP contribution in [0.4, 0.5) is 16.2 Å². The van der Waals surface area contributed by atoms with Crippen LogP contribution in [0, 0.1) is 26.7 Å². The van der Waals surface area contributed by atoms with E-state index in [2.05, 4.69) is 37.4 Å². The topological polar surface area (TPSA) is 52.6 Å². The van der Waals surface area contributed by atoms with Gasteiger partial charge >= 0.3 is 6.03 Å². The van der Waals surface area contributed by atoms with Gasteiger partial charge in [-0.05, 0) is 68.9 Å². The molecule has 30 heavy (non-hydrogen) atoms. The average Bonchev–Trinajstić information content (AvgIpc) is 2.65. The standard InChI is InChI=1S/C25H31N3O2/c1-17-8-10-19(3)21(14-17)16-27-12-5-13-28(25(27)30)23-11-9-18(2)15-22(23)26-24(29)20-6-4-7-20/h8-11,14-15,20H,4-7,12-13,16H2,1-3H3,(H,26,29). The molecule has 2 fully saturated rings. The molecule has 0 spiro atoms. The molecule has 158 valence electrons. The fraction of sp³-hybridized carbons (Fsp3) is 0.440. The van der Waals surface area contributed by atoms with Crippen LogP contribution < -0.4 is 10.2 Å². The van der Waals surface area contributed by atoms with Gasteiger partial charge in [-0.15, -0.1) is 0 Å². The first-order valence-corrected chi connectivity index (χ1v) is 11.0. The molecule has 1 aliphatic carbocycles. The Hall–Kier alpha value is -2.82. The molecule has 0 bridgehead atoms. The summed E-state index contributed by atoms with van der Waals surface area (Å²) in [6, 6.07) is 12.3. The van der Waals surface area contributed by atoms with Crippen molar-refractivity contribution in [3.05, 3.63) is 58.7 Å². The van der Waals surface area contributed by atoms with E-state index in [9.17, 15) is 9.59 Å². The molecule has 0 radical (unpaired) electrons. The number of hydrogen-bond donors (Lipinski definition) is 1. The fourth-order valence-corrected chi connectivity index (χ4v) is 4.22. The van der Waals surface area contributed by atoms with Gasteiger partial charge < -0.3 is 10.2 Å². The Morgan fingerprint density at radius 3 is 2.47 bits per heavy atom. The molecule has 1 saturated heterocycles. The number of hydrogen-bond acceptors (Lipinski definition) is 2. The van der Waals surface area contributed by atoms with E-state index in [1.54, 1.807) is 0 Å². The number of carbonyl (C=O) groups excluding carboxylic acids is 2. The molecule has 2 aromatic rings. The van der Waals surface area contributed by atoms with Crippen LogP contribution in [0.15, 0.2) is 36.4 Å². The molecule has 5 heteroatoms. The molecule has 0 atom stereocenters. The number of anilines is 2. The van der Waals surface area contributed by atoms with Crippen LogP contribution in [-0.2, 0) is 11.3 Å². The molecular formula is C25H31N3O2. The van der Waals surface area contributed by atoms with Gasteiger partial charge in [-0.2, -0.15) is 0 Å². The largest absolute Gasteiger partial charge is 0.324 e. The van der Waals surface area contributed by atoms with Crippen molar-refractivity contribution in [3.63, 3.8) is 0 Å². The van der Waals surface area contributed by atoms with Gasteiger partial charge in [0.05, 0.1) is 11.4 Å². The Morgan fingerprint density at radius 2 is 1.73 bits per heavy atom. The summed E-state index contributed by atoms with van der Waals surface area (Å²) >= 11 is 0. The number of benzene rings is 2. The minimum atomic E-state index is 0.00477. The Labute approximate surface area is 179 Å². The highest BCUT2D eigenvalue weighted by Crippen LogP contribution is 2.33. The maximum Gasteiger partial charge on any atom is 0.324 e. The Kier molecular flexibility index (Phi) is 5.80. The number of rotatable bonds is 5. The molecule has 0 aromatic heterocycles. The zero-order valence-electron chi connectivity index (χ0n) is 18.2. The van der Waals surface area contributed by atoms with Gasteiger partial charge in [-0.1, -0.05) is 36.2 Å². The van der Waals surface area contributed by atoms with Crippen molar-refractivity contribution < 1.29 is 9.59 Å². The summed E-state index contributed by atoms with van der Waals surface area (Å²) < 4.78 is 0. The highest BCUT2D eigenvalue weighted by atomic mass is 16.2. The first-order chi connectivity index (χ1) is 14.4. The molecule has 1 aliphatic heterocycles. The molecule has 2 aliphatic rings. The fourth-order valence-electron chi connectivity index (χ4n) is 4.22. The van der Waals surface area contributed by atoms with Gasteiger partial charge in [0.1, 0.15) is 0 Å². The minimum Gasteiger partial charge on any atom is -0.324 e. The van der Waals surface area contributed by atoms with E-state index in [4.69, 9.17) is 0 Å². The van der Waals surface area contributed by atoms with Crippen LogP contribution in [0.1, 0.15) is 47.9 Å². The van der Waals surface area contributed by atoms with E-state index in [0.717, 1.165) is 49.2 Å². The summed E-state index contributed by atoms with van der Waals surface area (Å²) in [5, 5.41) is 3.10. The lowest BCUT2D eigenvalue weighted by atomic mass is 9.85. The van der Waals surface area contributed by atoms with Crippen molar-refractivity contribution in [1.29, 1.82) is 0 Å². The van der Waals surface area contributed by atoms with E-state index < -0.39 is 0 Å². The van der Waals surface area contributed by atoms with Crippen molar-refractivity contribution in [2.75, 3.05) is 23.3 Å². The monoisotopic (exact) mass is 405 g/mol. The zero-order chi connectivity index (χ0) is 21.3. The van der Waals surface area contributed by atoms with Crippen LogP contribution in [-0.4, -0.2) is 29.9 Å². The van der Waals surface area contributed by atoms with Gasteiger partial charge in [0.15, 0.2) is 0 Å². The Balaban J connectivity index is 1.56. The zero-order valence-corrected chi connectivity index (χ0v) is 18.2. The molecule has 5 nitrogen and oxygen atoms in total. The third kappa shape index (κ3) is 4.20. The molecule has 0 unspecified atom stereocenters. The van der Waals surface area contributed by atoms with E-state index in [1.807, 2.05) is 34.9 Å². The number of amides is 3. The Bertz CT molecular complexity index is 965. The number of carbonyl (C=O) groups is 2. The molecule has 1 saturated carbocycles. The molecular weight excluding hydrogens is 374 g/mol. The SMILES string of the molecule is Cc1ccc(C)c(CN2CCCN(c3ccc(C)cc3NC(=O)C3CCC3)C2=O)c1. The molecule has 1 heterocycles. The van der Waals surface area contributed by atoms with Crippen LogP contribution in [0.25, 0.3) is 0 Å². The van der Waals surface area contributed by atoms with Gasteiger partial charge in [-0.25, -0.2) is 4.79 Å². The number of nitrogens with one attached hydrogen (secondary N) is 1. The molecule has 3 amide bonds. The first-order valence-electron chi connectivity index (χ1n) is 11.0. The summed E-state index contributed by atoms with van der Waals surface area (Å²) in [6.07, 6.45) is 3.94. The smallest absolute Gasteiger partial charge is 0.324 e. The lowest BCUT2D eigenvalue weighted by molar-refractivity contribution is -0.122. The normalized spacial score (nSPS) is 17.1. The van der Waals surface area contributed by atoms with Gasteiger partial charge in [0.2, 0.25) is 5.91 Å². The molecule has 4 rings (SSSR count). The second-order valence-electron chi connectivity index (χ2n) is 8.78. The van der Waals surface area contributed by atoms with Crippen molar-refractivity contribution in [3.8, 4) is 0 Å². The van der Waals surface area contributed by atoms with E-state index in [1.165, 1.54) is 16.7 Å². The Morgan fingerprint density at radius 1 is 1.00 bits per heavy atom. The second kappa shape index (κ2) is 8.50. The van der Waals surface area contributed by atoms with Crippen LogP contribution in [0.3, 0.4) is 0 Å². The summed E-state index contributed by atoms with van der Waals surface area (Å²) in [6.45, 7) is 8.20. The van der Waals surface area contributed by atoms with E-state index >= 15 is 0 Å². The lowest BCUT2D eigenvalue weighted by Crippen LogP contribution is -2.49. The summed E-state index contributed by atoms with van der Waals surface area (Å²) in [5.41, 5.74) is 6.20. The van der Waals surface area contributed by atoms with Crippen LogP contribution >= 0.6 is 0 Å². The lowest BCUT2D eigenvalue weighted by Gasteiger charge is -2.37. The second-order valence-corrected chi connectivity index (χ2v) is 8.78. The highest BCUT2D eigenvalue weighted by molar-refractivity contribution is 6.01. The average molecular weight is 406 g/mol. The molecule has 2 aromatic carbocycles. The number of nitrogens with zero attached hydrogens (tertiary/aromatic N) is 2. The van der Waals surface area contributed by atoms with E-state index in [-0.39, 0.29) is 17.9 Å². The first kappa shape index (κ1) is 20.5. The number of aryl methyl sites for hydroxylation is 3. The van der Waals surface area contributed by atoms with E-state index in [0.29, 0.717) is 13.1 Å². The van der Waals surface area contributed by atoms with Crippen molar-refractivity contribution in [2.45, 2.75) is 53.0 Å². The summed E-state index contributed by atoms with van der Waals surface area (Å²) in [5.74, 6) is 0.181. The van der Waals surface area contributed by atoms with Gasteiger partial charge in [0, 0.05) is 25.6 Å². The maximum absolute atomic E-state index is 13.4. The third-order valence-electron chi connectivity index (χ3n) is 6.35. The quantitative estimate of drug-likeness (QED) is 0.745. The highest BCUT2D eigenvalue weighted by Gasteiger charge is 2.30. The van der Waals surface area contributed by atoms with Gasteiger partial charge in [0.25, 0.3) is 0 Å². The minimum absolute atomic E-state index is 0.00477. The van der Waals surface area contributed by atoms with Crippen LogP contribution in [0.2, 0.25) is 0 Å². The predicted octanol–water partition coefficient (Wildman–Crippen LogP) is 5.18. The maximum atomic E-state index is 13.4. The summed E-state index contributed by atoms with van der Waals surface area (Å²) in [7, 11) is 0. The number of urea groups is 1. The van der Waals surface area contributed by atoms with Crippen molar-refractivity contribution >= 4 is 23.3 Å². The van der Waals surface area contributed by atoms with Crippen molar-refractivity contribution in [2.24, 2.45) is 5.92 Å². The molecule has 1 N–H and O–H groups in total. The van der Waals surface area contributed by atoms with Crippen LogP contribution in [0.5, 0.6) is 0 Å². The predicted molar refractivity (Wildman–Crippen MR) is 121 cm³/mol.